The molecule has 2 heterocycles. The van der Waals surface area contributed by atoms with Crippen LogP contribution in [-0.4, -0.2) is 52.7 Å². The Hall–Kier alpha value is -1.40. The number of hydrogen-bond donors (Lipinski definition) is 1. The second kappa shape index (κ2) is 5.07. The summed E-state index contributed by atoms with van der Waals surface area (Å²) in [6.07, 6.45) is 3.57. The molecule has 0 radical (unpaired) electrons. The number of carbonyl (C=O) groups is 1. The molecule has 2 rings (SSSR count). The van der Waals surface area contributed by atoms with Crippen LogP contribution in [0.3, 0.4) is 0 Å². The molecule has 0 unspecified atom stereocenters. The molecule has 6 heteroatoms. The van der Waals surface area contributed by atoms with Crippen LogP contribution in [0.25, 0.3) is 0 Å². The van der Waals surface area contributed by atoms with Crippen LogP contribution in [0.4, 0.5) is 0 Å². The summed E-state index contributed by atoms with van der Waals surface area (Å²) in [4.78, 5) is 18.4. The summed E-state index contributed by atoms with van der Waals surface area (Å²) in [5.41, 5.74) is -0.766. The highest BCUT2D eigenvalue weighted by atomic mass is 16.5. The molecule has 0 spiro atoms. The third-order valence-electron chi connectivity index (χ3n) is 3.27. The summed E-state index contributed by atoms with van der Waals surface area (Å²) < 4.78 is 7.50. The number of nitrogens with zero attached hydrogens (tertiary/aromatic N) is 3. The Morgan fingerprint density at radius 3 is 3.00 bits per heavy atom. The molecular weight excluding hydrogens is 232 g/mol. The molecule has 1 fully saturated rings. The van der Waals surface area contributed by atoms with E-state index in [0.29, 0.717) is 19.7 Å². The van der Waals surface area contributed by atoms with Gasteiger partial charge in [-0.1, -0.05) is 0 Å². The normalized spacial score (nSPS) is 25.1. The molecular formula is C12H20N4O2. The van der Waals surface area contributed by atoms with E-state index in [0.717, 1.165) is 12.4 Å². The van der Waals surface area contributed by atoms with Crippen molar-refractivity contribution < 1.29 is 9.53 Å². The van der Waals surface area contributed by atoms with Crippen LogP contribution in [-0.2, 0) is 23.1 Å². The van der Waals surface area contributed by atoms with Crippen LogP contribution < -0.4 is 5.32 Å². The van der Waals surface area contributed by atoms with Crippen molar-refractivity contribution in [3.05, 3.63) is 18.2 Å². The van der Waals surface area contributed by atoms with Crippen molar-refractivity contribution in [2.24, 2.45) is 7.05 Å². The zero-order valence-corrected chi connectivity index (χ0v) is 11.1. The average Bonchev–Trinajstić information content (AvgIpc) is 2.71. The van der Waals surface area contributed by atoms with E-state index in [1.807, 2.05) is 31.8 Å². The van der Waals surface area contributed by atoms with E-state index >= 15 is 0 Å². The summed E-state index contributed by atoms with van der Waals surface area (Å²) in [5.74, 6) is 0.744. The van der Waals surface area contributed by atoms with Gasteiger partial charge in [0.15, 0.2) is 5.60 Å². The van der Waals surface area contributed by atoms with Crippen LogP contribution in [0.2, 0.25) is 0 Å². The van der Waals surface area contributed by atoms with Gasteiger partial charge >= 0.3 is 0 Å². The van der Waals surface area contributed by atoms with E-state index in [4.69, 9.17) is 4.74 Å². The van der Waals surface area contributed by atoms with E-state index in [-0.39, 0.29) is 5.91 Å². The van der Waals surface area contributed by atoms with Crippen molar-refractivity contribution in [2.75, 3.05) is 26.7 Å². The minimum absolute atomic E-state index is 0.0861. The SMILES string of the molecule is CN1CCO[C@@](C)(C(=O)NCc2nccn2C)C1. The monoisotopic (exact) mass is 252 g/mol. The predicted octanol–water partition coefficient (Wildman–Crippen LogP) is -0.243. The molecule has 0 bridgehead atoms. The zero-order valence-electron chi connectivity index (χ0n) is 11.1. The molecule has 100 valence electrons. The van der Waals surface area contributed by atoms with Crippen LogP contribution >= 0.6 is 0 Å². The summed E-state index contributed by atoms with van der Waals surface area (Å²) in [6, 6.07) is 0. The fourth-order valence-corrected chi connectivity index (χ4v) is 2.12. The molecule has 6 nitrogen and oxygen atoms in total. The molecule has 0 aliphatic carbocycles. The summed E-state index contributed by atoms with van der Waals surface area (Å²) >= 11 is 0. The smallest absolute Gasteiger partial charge is 0.253 e. The standard InChI is InChI=1S/C12H20N4O2/c1-12(9-15(2)6-7-18-12)11(17)14-8-10-13-4-5-16(10)3/h4-5H,6-9H2,1-3H3,(H,14,17)/t12-/m1/s1. The summed E-state index contributed by atoms with van der Waals surface area (Å²) in [5, 5.41) is 2.88. The first-order valence-electron chi connectivity index (χ1n) is 6.08. The first-order chi connectivity index (χ1) is 8.51. The van der Waals surface area contributed by atoms with E-state index in [1.54, 1.807) is 6.20 Å². The lowest BCUT2D eigenvalue weighted by atomic mass is 10.0. The average molecular weight is 252 g/mol. The number of rotatable bonds is 3. The molecule has 1 saturated heterocycles. The molecule has 1 N–H and O–H groups in total. The van der Waals surface area contributed by atoms with Gasteiger partial charge in [0.2, 0.25) is 0 Å². The number of carbonyl (C=O) groups excluding carboxylic acids is 1. The Morgan fingerprint density at radius 1 is 1.61 bits per heavy atom. The Morgan fingerprint density at radius 2 is 2.39 bits per heavy atom. The molecule has 1 aliphatic heterocycles. The van der Waals surface area contributed by atoms with Crippen molar-refractivity contribution >= 4 is 5.91 Å². The van der Waals surface area contributed by atoms with Gasteiger partial charge < -0.3 is 19.5 Å². The van der Waals surface area contributed by atoms with E-state index < -0.39 is 5.60 Å². The lowest BCUT2D eigenvalue weighted by Crippen LogP contribution is -2.57. The number of hydrogen-bond acceptors (Lipinski definition) is 4. The molecule has 1 aromatic heterocycles. The highest BCUT2D eigenvalue weighted by Gasteiger charge is 2.38. The van der Waals surface area contributed by atoms with Crippen molar-refractivity contribution in [1.29, 1.82) is 0 Å². The first-order valence-corrected chi connectivity index (χ1v) is 6.08. The van der Waals surface area contributed by atoms with Crippen molar-refractivity contribution in [2.45, 2.75) is 19.1 Å². The fraction of sp³-hybridized carbons (Fsp3) is 0.667. The van der Waals surface area contributed by atoms with Gasteiger partial charge in [0.05, 0.1) is 13.2 Å². The van der Waals surface area contributed by atoms with Crippen molar-refractivity contribution in [3.63, 3.8) is 0 Å². The molecule has 0 aromatic carbocycles. The van der Waals surface area contributed by atoms with Gasteiger partial charge in [-0.05, 0) is 14.0 Å². The number of morpholine rings is 1. The molecule has 1 aromatic rings. The van der Waals surface area contributed by atoms with Gasteiger partial charge in [-0.2, -0.15) is 0 Å². The number of aryl methyl sites for hydroxylation is 1. The van der Waals surface area contributed by atoms with Gasteiger partial charge in [0, 0.05) is 32.5 Å². The highest BCUT2D eigenvalue weighted by molar-refractivity contribution is 5.85. The number of aromatic nitrogens is 2. The Bertz CT molecular complexity index is 431. The van der Waals surface area contributed by atoms with Gasteiger partial charge in [0.1, 0.15) is 5.82 Å². The fourth-order valence-electron chi connectivity index (χ4n) is 2.12. The maximum atomic E-state index is 12.2. The summed E-state index contributed by atoms with van der Waals surface area (Å²) in [6.45, 7) is 4.31. The maximum absolute atomic E-state index is 12.2. The van der Waals surface area contributed by atoms with E-state index in [1.165, 1.54) is 0 Å². The van der Waals surface area contributed by atoms with E-state index in [2.05, 4.69) is 15.2 Å². The number of imidazole rings is 1. The minimum atomic E-state index is -0.766. The quantitative estimate of drug-likeness (QED) is 0.806. The molecule has 1 aliphatic rings. The van der Waals surface area contributed by atoms with Gasteiger partial charge in [-0.25, -0.2) is 4.98 Å². The molecule has 0 saturated carbocycles. The first kappa shape index (κ1) is 13.0. The lowest BCUT2D eigenvalue weighted by Gasteiger charge is -2.37. The number of amides is 1. The Kier molecular flexibility index (Phi) is 3.68. The lowest BCUT2D eigenvalue weighted by molar-refractivity contribution is -0.155. The largest absolute Gasteiger partial charge is 0.363 e. The maximum Gasteiger partial charge on any atom is 0.253 e. The van der Waals surface area contributed by atoms with Crippen molar-refractivity contribution in [1.82, 2.24) is 19.8 Å². The third-order valence-corrected chi connectivity index (χ3v) is 3.27. The number of nitrogens with one attached hydrogen (secondary N) is 1. The summed E-state index contributed by atoms with van der Waals surface area (Å²) in [7, 11) is 3.90. The topological polar surface area (TPSA) is 59.4 Å². The second-order valence-electron chi connectivity index (χ2n) is 4.95. The predicted molar refractivity (Wildman–Crippen MR) is 66.9 cm³/mol. The van der Waals surface area contributed by atoms with Crippen molar-refractivity contribution in [3.8, 4) is 0 Å². The Labute approximate surface area is 107 Å². The third kappa shape index (κ3) is 2.70. The Balaban J connectivity index is 1.93. The van der Waals surface area contributed by atoms with Crippen LogP contribution in [0, 0.1) is 0 Å². The number of likely N-dealkylation sites (N-methyl/N-ethyl adjacent to an activating group) is 1. The van der Waals surface area contributed by atoms with Crippen LogP contribution in [0.5, 0.6) is 0 Å². The van der Waals surface area contributed by atoms with Crippen LogP contribution in [0.1, 0.15) is 12.7 Å². The molecule has 1 atom stereocenters. The van der Waals surface area contributed by atoms with Crippen LogP contribution in [0.15, 0.2) is 12.4 Å². The highest BCUT2D eigenvalue weighted by Crippen LogP contribution is 2.16. The van der Waals surface area contributed by atoms with Gasteiger partial charge in [-0.15, -0.1) is 0 Å². The molecule has 1 amide bonds. The number of ether oxygens (including phenoxy) is 1. The van der Waals surface area contributed by atoms with Gasteiger partial charge in [0.25, 0.3) is 5.91 Å². The second-order valence-corrected chi connectivity index (χ2v) is 4.95. The zero-order chi connectivity index (χ0) is 13.2. The molecule has 18 heavy (non-hydrogen) atoms. The van der Waals surface area contributed by atoms with E-state index in [9.17, 15) is 4.79 Å². The minimum Gasteiger partial charge on any atom is -0.363 e. The van der Waals surface area contributed by atoms with Gasteiger partial charge in [-0.3, -0.25) is 4.79 Å².